The number of nitrogens with one attached hydrogen (secondary N) is 2. The second-order valence-corrected chi connectivity index (χ2v) is 5.11. The Kier molecular flexibility index (Phi) is 5.82. The van der Waals surface area contributed by atoms with Gasteiger partial charge in [-0.15, -0.1) is 0 Å². The Morgan fingerprint density at radius 3 is 2.47 bits per heavy atom. The molecule has 1 aromatic carbocycles. The third-order valence-corrected chi connectivity index (χ3v) is 3.58. The van der Waals surface area contributed by atoms with Crippen LogP contribution >= 0.6 is 15.9 Å². The number of nitrogens with zero attached hydrogens (tertiary/aromatic N) is 1. The molecule has 2 N–H and O–H groups in total. The van der Waals surface area contributed by atoms with Crippen molar-refractivity contribution in [1.29, 1.82) is 0 Å². The van der Waals surface area contributed by atoms with Gasteiger partial charge in [0.25, 0.3) is 5.91 Å². The van der Waals surface area contributed by atoms with E-state index in [4.69, 9.17) is 0 Å². The lowest BCUT2D eigenvalue weighted by atomic mass is 10.1. The Morgan fingerprint density at radius 2 is 1.84 bits per heavy atom. The summed E-state index contributed by atoms with van der Waals surface area (Å²) in [5, 5.41) is 5.43. The van der Waals surface area contributed by atoms with E-state index in [1.165, 1.54) is 4.90 Å². The highest BCUT2D eigenvalue weighted by molar-refractivity contribution is 9.10. The third kappa shape index (κ3) is 4.55. The Bertz CT molecular complexity index is 475. The maximum Gasteiger partial charge on any atom is 0.316 e. The number of aryl methyl sites for hydroxylation is 1. The first-order chi connectivity index (χ1) is 8.93. The molecule has 0 radical (unpaired) electrons. The van der Waals surface area contributed by atoms with Crippen LogP contribution in [-0.2, 0) is 0 Å². The molecule has 0 aromatic heterocycles. The van der Waals surface area contributed by atoms with E-state index in [0.717, 1.165) is 10.0 Å². The summed E-state index contributed by atoms with van der Waals surface area (Å²) in [6, 6.07) is 5.34. The molecule has 19 heavy (non-hydrogen) atoms. The molecule has 0 fully saturated rings. The largest absolute Gasteiger partial charge is 0.350 e. The first-order valence-electron chi connectivity index (χ1n) is 5.92. The average Bonchev–Trinajstić information content (AvgIpc) is 2.37. The predicted molar refractivity (Wildman–Crippen MR) is 78.3 cm³/mol. The highest BCUT2D eigenvalue weighted by Crippen LogP contribution is 2.20. The number of benzene rings is 1. The summed E-state index contributed by atoms with van der Waals surface area (Å²) in [6.45, 7) is 2.71. The van der Waals surface area contributed by atoms with Crippen LogP contribution in [0.25, 0.3) is 0 Å². The summed E-state index contributed by atoms with van der Waals surface area (Å²) >= 11 is 3.39. The topological polar surface area (TPSA) is 61.4 Å². The smallest absolute Gasteiger partial charge is 0.316 e. The molecule has 0 aliphatic rings. The van der Waals surface area contributed by atoms with Crippen LogP contribution < -0.4 is 10.6 Å². The maximum atomic E-state index is 11.9. The van der Waals surface area contributed by atoms with Crippen LogP contribution in [0.1, 0.15) is 15.9 Å². The van der Waals surface area contributed by atoms with Crippen LogP contribution in [0.5, 0.6) is 0 Å². The molecule has 0 spiro atoms. The molecule has 1 rings (SSSR count). The van der Waals surface area contributed by atoms with Crippen molar-refractivity contribution < 1.29 is 9.59 Å². The molecule has 104 valence electrons. The summed E-state index contributed by atoms with van der Waals surface area (Å²) < 4.78 is 0.796. The van der Waals surface area contributed by atoms with Crippen LogP contribution in [0, 0.1) is 6.92 Å². The normalized spacial score (nSPS) is 9.89. The van der Waals surface area contributed by atoms with Gasteiger partial charge in [0.2, 0.25) is 0 Å². The minimum atomic E-state index is -0.175. The van der Waals surface area contributed by atoms with Gasteiger partial charge in [-0.3, -0.25) is 4.79 Å². The fourth-order valence-corrected chi connectivity index (χ4v) is 1.87. The Balaban J connectivity index is 2.44. The van der Waals surface area contributed by atoms with E-state index < -0.39 is 0 Å². The number of hydrogen-bond acceptors (Lipinski definition) is 2. The van der Waals surface area contributed by atoms with Crippen molar-refractivity contribution in [2.75, 3.05) is 27.2 Å². The molecule has 0 unspecified atom stereocenters. The zero-order valence-electron chi connectivity index (χ0n) is 11.3. The summed E-state index contributed by atoms with van der Waals surface area (Å²) in [7, 11) is 3.33. The first-order valence-corrected chi connectivity index (χ1v) is 6.71. The van der Waals surface area contributed by atoms with Gasteiger partial charge in [-0.25, -0.2) is 4.79 Å². The lowest BCUT2D eigenvalue weighted by molar-refractivity contribution is 0.0953. The molecule has 1 aromatic rings. The monoisotopic (exact) mass is 327 g/mol. The number of halogens is 1. The Morgan fingerprint density at radius 1 is 1.21 bits per heavy atom. The SMILES string of the molecule is Cc1cccc(C(=O)NCCNC(=O)N(C)C)c1Br. The van der Waals surface area contributed by atoms with Gasteiger partial charge < -0.3 is 15.5 Å². The van der Waals surface area contributed by atoms with Crippen molar-refractivity contribution in [3.63, 3.8) is 0 Å². The van der Waals surface area contributed by atoms with Gasteiger partial charge in [0, 0.05) is 31.7 Å². The molecule has 0 aliphatic carbocycles. The van der Waals surface area contributed by atoms with E-state index in [-0.39, 0.29) is 11.9 Å². The number of hydrogen-bond donors (Lipinski definition) is 2. The van der Waals surface area contributed by atoms with E-state index in [2.05, 4.69) is 26.6 Å². The molecule has 0 saturated heterocycles. The van der Waals surface area contributed by atoms with Gasteiger partial charge in [0.1, 0.15) is 0 Å². The Hall–Kier alpha value is -1.56. The van der Waals surface area contributed by atoms with Crippen LogP contribution in [0.4, 0.5) is 4.79 Å². The summed E-state index contributed by atoms with van der Waals surface area (Å²) in [6.07, 6.45) is 0. The first kappa shape index (κ1) is 15.5. The molecule has 5 nitrogen and oxygen atoms in total. The number of carbonyl (C=O) groups is 2. The predicted octanol–water partition coefficient (Wildman–Crippen LogP) is 1.76. The Labute approximate surface area is 121 Å². The highest BCUT2D eigenvalue weighted by atomic mass is 79.9. The van der Waals surface area contributed by atoms with Crippen LogP contribution in [0.15, 0.2) is 22.7 Å². The summed E-state index contributed by atoms with van der Waals surface area (Å²) in [4.78, 5) is 24.6. The van der Waals surface area contributed by atoms with Crippen molar-refractivity contribution in [3.05, 3.63) is 33.8 Å². The minimum absolute atomic E-state index is 0.158. The van der Waals surface area contributed by atoms with Gasteiger partial charge >= 0.3 is 6.03 Å². The molecule has 0 aliphatic heterocycles. The van der Waals surface area contributed by atoms with Gasteiger partial charge in [-0.2, -0.15) is 0 Å². The van der Waals surface area contributed by atoms with E-state index in [1.807, 2.05) is 19.1 Å². The van der Waals surface area contributed by atoms with Gasteiger partial charge in [0.15, 0.2) is 0 Å². The van der Waals surface area contributed by atoms with Gasteiger partial charge in [0.05, 0.1) is 5.56 Å². The lowest BCUT2D eigenvalue weighted by Gasteiger charge is -2.12. The molecule has 0 atom stereocenters. The van der Waals surface area contributed by atoms with Crippen molar-refractivity contribution in [2.24, 2.45) is 0 Å². The zero-order valence-corrected chi connectivity index (χ0v) is 12.9. The second kappa shape index (κ2) is 7.13. The number of rotatable bonds is 4. The molecular weight excluding hydrogens is 310 g/mol. The van der Waals surface area contributed by atoms with Crippen molar-refractivity contribution in [2.45, 2.75) is 6.92 Å². The van der Waals surface area contributed by atoms with E-state index in [9.17, 15) is 9.59 Å². The molecule has 0 saturated carbocycles. The fraction of sp³-hybridized carbons (Fsp3) is 0.385. The quantitative estimate of drug-likeness (QED) is 0.828. The number of carbonyl (C=O) groups excluding carboxylic acids is 2. The second-order valence-electron chi connectivity index (χ2n) is 4.32. The van der Waals surface area contributed by atoms with E-state index in [0.29, 0.717) is 18.7 Å². The van der Waals surface area contributed by atoms with Gasteiger partial charge in [-0.1, -0.05) is 12.1 Å². The van der Waals surface area contributed by atoms with Crippen molar-refractivity contribution in [1.82, 2.24) is 15.5 Å². The van der Waals surface area contributed by atoms with E-state index in [1.54, 1.807) is 20.2 Å². The molecular formula is C13H18BrN3O2. The third-order valence-electron chi connectivity index (χ3n) is 2.53. The van der Waals surface area contributed by atoms with Crippen LogP contribution in [0.3, 0.4) is 0 Å². The van der Waals surface area contributed by atoms with Crippen molar-refractivity contribution >= 4 is 27.9 Å². The zero-order chi connectivity index (χ0) is 14.4. The fourth-order valence-electron chi connectivity index (χ4n) is 1.42. The van der Waals surface area contributed by atoms with Gasteiger partial charge in [-0.05, 0) is 34.5 Å². The summed E-state index contributed by atoms with van der Waals surface area (Å²) in [5.41, 5.74) is 1.60. The lowest BCUT2D eigenvalue weighted by Crippen LogP contribution is -2.39. The average molecular weight is 328 g/mol. The highest BCUT2D eigenvalue weighted by Gasteiger charge is 2.10. The summed E-state index contributed by atoms with van der Waals surface area (Å²) in [5.74, 6) is -0.158. The molecule has 6 heteroatoms. The maximum absolute atomic E-state index is 11.9. The van der Waals surface area contributed by atoms with Crippen LogP contribution in [-0.4, -0.2) is 44.0 Å². The van der Waals surface area contributed by atoms with E-state index >= 15 is 0 Å². The number of amides is 3. The standard InChI is InChI=1S/C13H18BrN3O2/c1-9-5-4-6-10(11(9)14)12(18)15-7-8-16-13(19)17(2)3/h4-6H,7-8H2,1-3H3,(H,15,18)(H,16,19). The number of urea groups is 1. The molecule has 3 amide bonds. The minimum Gasteiger partial charge on any atom is -0.350 e. The molecule has 0 heterocycles. The van der Waals surface area contributed by atoms with Crippen molar-refractivity contribution in [3.8, 4) is 0 Å². The molecule has 0 bridgehead atoms. The van der Waals surface area contributed by atoms with Crippen LogP contribution in [0.2, 0.25) is 0 Å².